The van der Waals surface area contributed by atoms with Crippen molar-refractivity contribution in [3.05, 3.63) is 0 Å². The van der Waals surface area contributed by atoms with Gasteiger partial charge >= 0.3 is 95.6 Å². The molecule has 1 saturated heterocycles. The average Bonchev–Trinajstić information content (AvgIpc) is 2.55. The fourth-order valence-electron chi connectivity index (χ4n) is 2.14. The van der Waals surface area contributed by atoms with Crippen molar-refractivity contribution in [2.45, 2.75) is 31.3 Å². The van der Waals surface area contributed by atoms with Crippen molar-refractivity contribution in [1.82, 2.24) is 4.90 Å². The molecular formula is C9H16N2O2Pt. The van der Waals surface area contributed by atoms with Gasteiger partial charge in [-0.25, -0.2) is 0 Å². The van der Waals surface area contributed by atoms with Crippen molar-refractivity contribution in [3.8, 4) is 0 Å². The van der Waals surface area contributed by atoms with Gasteiger partial charge in [0, 0.05) is 0 Å². The predicted octanol–water partition coefficient (Wildman–Crippen LogP) is 0.743. The Kier molecular flexibility index (Phi) is 3.96. The summed E-state index contributed by atoms with van der Waals surface area (Å²) in [5.74, 6) is -0.134. The molecule has 4 nitrogen and oxygen atoms in total. The van der Waals surface area contributed by atoms with E-state index >= 15 is 0 Å². The van der Waals surface area contributed by atoms with E-state index in [4.69, 9.17) is 4.74 Å². The molecule has 5 heteroatoms. The van der Waals surface area contributed by atoms with E-state index in [-0.39, 0.29) is 12.0 Å². The Morgan fingerprint density at radius 1 is 1.79 bits per heavy atom. The summed E-state index contributed by atoms with van der Waals surface area (Å²) in [5, 5.41) is 0. The second-order valence-electron chi connectivity index (χ2n) is 3.70. The summed E-state index contributed by atoms with van der Waals surface area (Å²) in [6.07, 6.45) is 1.55. The van der Waals surface area contributed by atoms with Gasteiger partial charge in [-0.3, -0.25) is 0 Å². The van der Waals surface area contributed by atoms with Crippen molar-refractivity contribution in [1.29, 1.82) is 0 Å². The molecule has 0 bridgehead atoms. The summed E-state index contributed by atoms with van der Waals surface area (Å²) in [5.41, 5.74) is -0.450. The van der Waals surface area contributed by atoms with Crippen LogP contribution in [0.4, 0.5) is 0 Å². The van der Waals surface area contributed by atoms with Gasteiger partial charge in [-0.1, -0.05) is 0 Å². The quantitative estimate of drug-likeness (QED) is 0.680. The molecule has 0 aromatic heterocycles. The van der Waals surface area contributed by atoms with Crippen molar-refractivity contribution >= 4 is 5.97 Å². The maximum atomic E-state index is 11.7. The van der Waals surface area contributed by atoms with Crippen LogP contribution >= 0.6 is 0 Å². The number of hydrogen-bond acceptors (Lipinski definition) is 4. The molecule has 1 aliphatic heterocycles. The van der Waals surface area contributed by atoms with Crippen LogP contribution in [0.5, 0.6) is 0 Å². The minimum atomic E-state index is -0.450. The van der Waals surface area contributed by atoms with E-state index in [2.05, 4.69) is 8.40 Å². The normalized spacial score (nSPS) is 33.1. The van der Waals surface area contributed by atoms with Crippen molar-refractivity contribution in [2.24, 2.45) is 3.50 Å². The van der Waals surface area contributed by atoms with E-state index in [9.17, 15) is 4.79 Å². The van der Waals surface area contributed by atoms with Crippen LogP contribution in [-0.4, -0.2) is 43.2 Å². The second-order valence-corrected chi connectivity index (χ2v) is 4.28. The fourth-order valence-corrected chi connectivity index (χ4v) is 2.54. The SMILES string of the molecule is CCC1(C(=O)OC)CC([N]=[Pt])CN1C. The van der Waals surface area contributed by atoms with Crippen LogP contribution in [0.2, 0.25) is 0 Å². The van der Waals surface area contributed by atoms with Gasteiger partial charge in [-0.2, -0.15) is 0 Å². The van der Waals surface area contributed by atoms with Crippen molar-refractivity contribution in [2.75, 3.05) is 20.7 Å². The molecule has 0 aromatic rings. The maximum absolute atomic E-state index is 11.7. The third-order valence-electron chi connectivity index (χ3n) is 3.05. The molecule has 1 heterocycles. The zero-order chi connectivity index (χ0) is 10.8. The van der Waals surface area contributed by atoms with Crippen LogP contribution in [0.1, 0.15) is 19.8 Å². The molecule has 14 heavy (non-hydrogen) atoms. The molecule has 1 rings (SSSR count). The number of hydrogen-bond donors (Lipinski definition) is 0. The van der Waals surface area contributed by atoms with E-state index in [1.807, 2.05) is 33.6 Å². The van der Waals surface area contributed by atoms with E-state index < -0.39 is 5.54 Å². The standard InChI is InChI=1S/C9H16N2O2.Pt/c1-4-9(8(12)13-3)5-7(10)6-11(9)2;/h7H,4-6H2,1-3H3;. The van der Waals surface area contributed by atoms with Crippen LogP contribution in [-0.2, 0) is 29.2 Å². The fraction of sp³-hybridized carbons (Fsp3) is 0.889. The molecule has 0 aliphatic carbocycles. The Balaban J connectivity index is 2.89. The number of likely N-dealkylation sites (tertiary alicyclic amines) is 1. The Morgan fingerprint density at radius 3 is 2.79 bits per heavy atom. The van der Waals surface area contributed by atoms with Crippen LogP contribution in [0.25, 0.3) is 0 Å². The molecule has 0 saturated carbocycles. The van der Waals surface area contributed by atoms with E-state index in [1.54, 1.807) is 0 Å². The van der Waals surface area contributed by atoms with Crippen molar-refractivity contribution < 1.29 is 29.2 Å². The van der Waals surface area contributed by atoms with Gasteiger partial charge in [0.2, 0.25) is 0 Å². The molecular weight excluding hydrogens is 363 g/mol. The van der Waals surface area contributed by atoms with Gasteiger partial charge in [0.05, 0.1) is 0 Å². The topological polar surface area (TPSA) is 41.9 Å². The van der Waals surface area contributed by atoms with Gasteiger partial charge in [0.1, 0.15) is 0 Å². The average molecular weight is 379 g/mol. The molecule has 2 atom stereocenters. The molecule has 0 radical (unpaired) electrons. The Morgan fingerprint density at radius 2 is 2.43 bits per heavy atom. The van der Waals surface area contributed by atoms with Gasteiger partial charge in [-0.05, 0) is 0 Å². The van der Waals surface area contributed by atoms with Crippen molar-refractivity contribution in [3.63, 3.8) is 0 Å². The van der Waals surface area contributed by atoms with E-state index in [0.717, 1.165) is 19.4 Å². The summed E-state index contributed by atoms with van der Waals surface area (Å²) in [6, 6.07) is 0.251. The minimum absolute atomic E-state index is 0.134. The molecule has 0 spiro atoms. The number of methoxy groups -OCH3 is 1. The number of carbonyl (C=O) groups excluding carboxylic acids is 1. The molecule has 0 N–H and O–H groups in total. The van der Waals surface area contributed by atoms with Crippen LogP contribution < -0.4 is 0 Å². The van der Waals surface area contributed by atoms with Gasteiger partial charge < -0.3 is 0 Å². The Labute approximate surface area is 95.7 Å². The first-order chi connectivity index (χ1) is 6.60. The number of ether oxygens (including phenoxy) is 1. The van der Waals surface area contributed by atoms with Gasteiger partial charge in [0.15, 0.2) is 0 Å². The van der Waals surface area contributed by atoms with Gasteiger partial charge in [-0.15, -0.1) is 0 Å². The third kappa shape index (κ3) is 1.82. The number of nitrogens with zero attached hydrogens (tertiary/aromatic N) is 2. The number of rotatable bonds is 3. The summed E-state index contributed by atoms with van der Waals surface area (Å²) in [6.45, 7) is 2.86. The Hall–Kier alpha value is -0.0817. The molecule has 84 valence electrons. The summed E-state index contributed by atoms with van der Waals surface area (Å²) in [7, 11) is 3.41. The summed E-state index contributed by atoms with van der Waals surface area (Å²) >= 11 is 2.00. The monoisotopic (exact) mass is 379 g/mol. The molecule has 1 fully saturated rings. The second kappa shape index (κ2) is 4.63. The molecule has 1 aliphatic rings. The van der Waals surface area contributed by atoms with E-state index in [1.165, 1.54) is 7.11 Å². The molecule has 0 amide bonds. The van der Waals surface area contributed by atoms with Gasteiger partial charge in [0.25, 0.3) is 0 Å². The number of carbonyl (C=O) groups is 1. The van der Waals surface area contributed by atoms with E-state index in [0.29, 0.717) is 0 Å². The van der Waals surface area contributed by atoms with Crippen LogP contribution in [0, 0.1) is 0 Å². The zero-order valence-electron chi connectivity index (χ0n) is 8.73. The molecule has 0 aromatic carbocycles. The first-order valence-electron chi connectivity index (χ1n) is 4.68. The Bertz CT molecular complexity index is 247. The van der Waals surface area contributed by atoms with Crippen LogP contribution in [0.15, 0.2) is 3.50 Å². The summed E-state index contributed by atoms with van der Waals surface area (Å²) in [4.78, 5) is 13.8. The molecule has 2 unspecified atom stereocenters. The third-order valence-corrected chi connectivity index (χ3v) is 3.88. The van der Waals surface area contributed by atoms with Crippen LogP contribution in [0.3, 0.4) is 0 Å². The number of likely N-dealkylation sites (N-methyl/N-ethyl adjacent to an activating group) is 1. The number of esters is 1. The predicted molar refractivity (Wildman–Crippen MR) is 48.5 cm³/mol. The summed E-state index contributed by atoms with van der Waals surface area (Å²) < 4.78 is 9.09. The first kappa shape index (κ1) is 12.0. The first-order valence-corrected chi connectivity index (χ1v) is 5.70. The zero-order valence-corrected chi connectivity index (χ0v) is 11.0.